The van der Waals surface area contributed by atoms with E-state index >= 15 is 0 Å². The lowest BCUT2D eigenvalue weighted by Crippen LogP contribution is -2.15. The molecule has 1 aromatic heterocycles. The van der Waals surface area contributed by atoms with Crippen molar-refractivity contribution in [2.75, 3.05) is 6.61 Å². The minimum atomic E-state index is -0.00126. The predicted molar refractivity (Wildman–Crippen MR) is 89.8 cm³/mol. The molecule has 0 radical (unpaired) electrons. The average molecular weight is 302 g/mol. The second kappa shape index (κ2) is 4.33. The molecule has 1 unspecified atom stereocenters. The number of aromatic nitrogens is 2. The Labute approximate surface area is 135 Å². The zero-order valence-corrected chi connectivity index (χ0v) is 13.3. The van der Waals surface area contributed by atoms with Crippen molar-refractivity contribution >= 4 is 0 Å². The molecular formula is C20H18N2O. The molecule has 0 saturated carbocycles. The van der Waals surface area contributed by atoms with Crippen LogP contribution in [-0.4, -0.2) is 16.4 Å². The molecule has 0 bridgehead atoms. The van der Waals surface area contributed by atoms with E-state index in [1.165, 1.54) is 27.8 Å². The van der Waals surface area contributed by atoms with Gasteiger partial charge >= 0.3 is 0 Å². The maximum absolute atomic E-state index is 5.46. The van der Waals surface area contributed by atoms with Crippen molar-refractivity contribution in [2.24, 2.45) is 0 Å². The topological polar surface area (TPSA) is 30.4 Å². The van der Waals surface area contributed by atoms with Gasteiger partial charge in [0.1, 0.15) is 6.10 Å². The van der Waals surface area contributed by atoms with Crippen LogP contribution in [0, 0.1) is 0 Å². The summed E-state index contributed by atoms with van der Waals surface area (Å²) in [4.78, 5) is 0. The summed E-state index contributed by atoms with van der Waals surface area (Å²) in [5.41, 5.74) is 7.87. The van der Waals surface area contributed by atoms with Crippen molar-refractivity contribution in [3.05, 3.63) is 71.5 Å². The van der Waals surface area contributed by atoms with Crippen LogP contribution in [0.1, 0.15) is 36.6 Å². The van der Waals surface area contributed by atoms with Crippen LogP contribution in [0.5, 0.6) is 0 Å². The zero-order chi connectivity index (χ0) is 15.6. The lowest BCUT2D eigenvalue weighted by atomic mass is 9.81. The molecule has 2 heterocycles. The van der Waals surface area contributed by atoms with E-state index in [2.05, 4.69) is 55.3 Å². The Hall–Kier alpha value is -2.39. The summed E-state index contributed by atoms with van der Waals surface area (Å²) in [7, 11) is 0. The smallest absolute Gasteiger partial charge is 0.106 e. The highest BCUT2D eigenvalue weighted by Crippen LogP contribution is 2.50. The predicted octanol–water partition coefficient (Wildman–Crippen LogP) is 4.25. The molecule has 114 valence electrons. The molecular weight excluding hydrogens is 284 g/mol. The second-order valence-corrected chi connectivity index (χ2v) is 6.93. The lowest BCUT2D eigenvalue weighted by molar-refractivity contribution is 0.415. The highest BCUT2D eigenvalue weighted by molar-refractivity contribution is 5.82. The Morgan fingerprint density at radius 1 is 1.09 bits per heavy atom. The van der Waals surface area contributed by atoms with Gasteiger partial charge in [-0.05, 0) is 46.0 Å². The van der Waals surface area contributed by atoms with Crippen molar-refractivity contribution < 1.29 is 4.74 Å². The molecule has 23 heavy (non-hydrogen) atoms. The fourth-order valence-electron chi connectivity index (χ4n) is 3.75. The SMILES string of the molecule is CC1(C)c2cc(C3CO3)ccc2-c2ccc(-n3cccn3)cc21. The largest absolute Gasteiger partial charge is 0.368 e. The monoisotopic (exact) mass is 302 g/mol. The Morgan fingerprint density at radius 2 is 1.83 bits per heavy atom. The summed E-state index contributed by atoms with van der Waals surface area (Å²) in [6.45, 7) is 5.47. The zero-order valence-electron chi connectivity index (χ0n) is 13.3. The summed E-state index contributed by atoms with van der Waals surface area (Å²) in [6.07, 6.45) is 4.11. The van der Waals surface area contributed by atoms with Gasteiger partial charge in [-0.2, -0.15) is 5.10 Å². The third-order valence-electron chi connectivity index (χ3n) is 5.16. The van der Waals surface area contributed by atoms with Crippen LogP contribution in [0.15, 0.2) is 54.9 Å². The quantitative estimate of drug-likeness (QED) is 0.662. The van der Waals surface area contributed by atoms with E-state index < -0.39 is 0 Å². The maximum Gasteiger partial charge on any atom is 0.106 e. The molecule has 3 aromatic rings. The van der Waals surface area contributed by atoms with E-state index in [1.54, 1.807) is 0 Å². The molecule has 2 aromatic carbocycles. The third-order valence-corrected chi connectivity index (χ3v) is 5.16. The number of fused-ring (bicyclic) bond motifs is 3. The van der Waals surface area contributed by atoms with E-state index in [1.807, 2.05) is 23.1 Å². The lowest BCUT2D eigenvalue weighted by Gasteiger charge is -2.22. The molecule has 0 spiro atoms. The van der Waals surface area contributed by atoms with Crippen molar-refractivity contribution in [2.45, 2.75) is 25.4 Å². The first kappa shape index (κ1) is 13.1. The summed E-state index contributed by atoms with van der Waals surface area (Å²) in [5.74, 6) is 0. The van der Waals surface area contributed by atoms with E-state index in [0.29, 0.717) is 6.10 Å². The van der Waals surface area contributed by atoms with Gasteiger partial charge in [0.05, 0.1) is 12.3 Å². The van der Waals surface area contributed by atoms with Crippen molar-refractivity contribution in [1.29, 1.82) is 0 Å². The van der Waals surface area contributed by atoms with Gasteiger partial charge in [0.25, 0.3) is 0 Å². The molecule has 2 aliphatic rings. The maximum atomic E-state index is 5.46. The molecule has 1 fully saturated rings. The Kier molecular flexibility index (Phi) is 2.46. The fraction of sp³-hybridized carbons (Fsp3) is 0.250. The minimum Gasteiger partial charge on any atom is -0.368 e. The van der Waals surface area contributed by atoms with Crippen LogP contribution >= 0.6 is 0 Å². The van der Waals surface area contributed by atoms with Crippen molar-refractivity contribution in [1.82, 2.24) is 9.78 Å². The third kappa shape index (κ3) is 1.83. The van der Waals surface area contributed by atoms with E-state index in [0.717, 1.165) is 12.3 Å². The van der Waals surface area contributed by atoms with Gasteiger partial charge in [-0.15, -0.1) is 0 Å². The highest BCUT2D eigenvalue weighted by atomic mass is 16.6. The van der Waals surface area contributed by atoms with Crippen LogP contribution in [0.2, 0.25) is 0 Å². The number of hydrogen-bond donors (Lipinski definition) is 0. The first-order valence-electron chi connectivity index (χ1n) is 8.05. The molecule has 1 aliphatic heterocycles. The summed E-state index contributed by atoms with van der Waals surface area (Å²) < 4.78 is 7.38. The van der Waals surface area contributed by atoms with Crippen molar-refractivity contribution in [3.8, 4) is 16.8 Å². The van der Waals surface area contributed by atoms with Gasteiger partial charge in [0, 0.05) is 17.8 Å². The number of benzene rings is 2. The molecule has 3 nitrogen and oxygen atoms in total. The van der Waals surface area contributed by atoms with Crippen LogP contribution in [-0.2, 0) is 10.2 Å². The van der Waals surface area contributed by atoms with E-state index in [-0.39, 0.29) is 5.41 Å². The van der Waals surface area contributed by atoms with Gasteiger partial charge in [0.15, 0.2) is 0 Å². The number of ether oxygens (including phenoxy) is 1. The molecule has 3 heteroatoms. The number of epoxide rings is 1. The number of rotatable bonds is 2. The standard InChI is InChI=1S/C20H18N2O/c1-20(2)17-10-13(19-12-23-19)4-6-15(17)16-7-5-14(11-18(16)20)22-9-3-8-21-22/h3-11,19H,12H2,1-2H3. The molecule has 0 amide bonds. The van der Waals surface area contributed by atoms with Crippen LogP contribution in [0.25, 0.3) is 16.8 Å². The summed E-state index contributed by atoms with van der Waals surface area (Å²) in [5, 5.41) is 4.35. The van der Waals surface area contributed by atoms with Gasteiger partial charge in [-0.3, -0.25) is 0 Å². The van der Waals surface area contributed by atoms with Gasteiger partial charge in [-0.25, -0.2) is 4.68 Å². The average Bonchev–Trinajstić information content (AvgIpc) is 3.22. The van der Waals surface area contributed by atoms with Crippen LogP contribution in [0.3, 0.4) is 0 Å². The number of hydrogen-bond acceptors (Lipinski definition) is 2. The second-order valence-electron chi connectivity index (χ2n) is 6.93. The normalized spacial score (nSPS) is 20.2. The van der Waals surface area contributed by atoms with Crippen molar-refractivity contribution in [3.63, 3.8) is 0 Å². The molecule has 1 aliphatic carbocycles. The molecule has 0 N–H and O–H groups in total. The van der Waals surface area contributed by atoms with E-state index in [4.69, 9.17) is 4.74 Å². The minimum absolute atomic E-state index is 0.00126. The Balaban J connectivity index is 1.69. The van der Waals surface area contributed by atoms with Crippen LogP contribution in [0.4, 0.5) is 0 Å². The Bertz CT molecular complexity index is 905. The molecule has 1 atom stereocenters. The first-order valence-corrected chi connectivity index (χ1v) is 8.05. The molecule has 5 rings (SSSR count). The highest BCUT2D eigenvalue weighted by Gasteiger charge is 2.37. The molecule has 1 saturated heterocycles. The summed E-state index contributed by atoms with van der Waals surface area (Å²) >= 11 is 0. The van der Waals surface area contributed by atoms with Gasteiger partial charge < -0.3 is 4.74 Å². The fourth-order valence-corrected chi connectivity index (χ4v) is 3.75. The van der Waals surface area contributed by atoms with Crippen LogP contribution < -0.4 is 0 Å². The first-order chi connectivity index (χ1) is 11.1. The number of nitrogens with zero attached hydrogens (tertiary/aromatic N) is 2. The van der Waals surface area contributed by atoms with Gasteiger partial charge in [-0.1, -0.05) is 38.1 Å². The van der Waals surface area contributed by atoms with E-state index in [9.17, 15) is 0 Å². The van der Waals surface area contributed by atoms with Gasteiger partial charge in [0.2, 0.25) is 0 Å². The summed E-state index contributed by atoms with van der Waals surface area (Å²) in [6, 6.07) is 15.4. The Morgan fingerprint density at radius 3 is 2.52 bits per heavy atom.